The van der Waals surface area contributed by atoms with E-state index in [1.165, 1.54) is 0 Å². The molecule has 22 heavy (non-hydrogen) atoms. The van der Waals surface area contributed by atoms with Crippen molar-refractivity contribution in [2.24, 2.45) is 10.9 Å². The summed E-state index contributed by atoms with van der Waals surface area (Å²) in [5, 5.41) is 4.10. The van der Waals surface area contributed by atoms with Gasteiger partial charge in [0.05, 0.1) is 24.0 Å². The second-order valence-corrected chi connectivity index (χ2v) is 4.69. The number of nitrogens with zero attached hydrogens (tertiary/aromatic N) is 2. The highest BCUT2D eigenvalue weighted by atomic mass is 16.6. The highest BCUT2D eigenvalue weighted by molar-refractivity contribution is 6.10. The minimum atomic E-state index is -0.468. The Bertz CT molecular complexity index is 824. The van der Waals surface area contributed by atoms with Crippen molar-refractivity contribution < 1.29 is 9.63 Å². The van der Waals surface area contributed by atoms with Gasteiger partial charge in [0.2, 0.25) is 5.91 Å². The quantitative estimate of drug-likeness (QED) is 0.558. The van der Waals surface area contributed by atoms with Gasteiger partial charge in [0.1, 0.15) is 5.52 Å². The Balaban J connectivity index is 1.93. The summed E-state index contributed by atoms with van der Waals surface area (Å²) in [6, 6.07) is 14.8. The van der Waals surface area contributed by atoms with Crippen LogP contribution >= 0.6 is 0 Å². The van der Waals surface area contributed by atoms with Gasteiger partial charge in [-0.25, -0.2) is 4.98 Å². The van der Waals surface area contributed by atoms with Gasteiger partial charge < -0.3 is 15.6 Å². The van der Waals surface area contributed by atoms with E-state index in [4.69, 9.17) is 10.6 Å². The molecule has 0 fully saturated rings. The van der Waals surface area contributed by atoms with E-state index < -0.39 is 5.91 Å². The van der Waals surface area contributed by atoms with Crippen molar-refractivity contribution in [3.8, 4) is 5.75 Å². The van der Waals surface area contributed by atoms with E-state index in [0.717, 1.165) is 11.1 Å². The van der Waals surface area contributed by atoms with Crippen molar-refractivity contribution in [3.63, 3.8) is 0 Å². The van der Waals surface area contributed by atoms with Crippen LogP contribution < -0.4 is 10.6 Å². The molecule has 1 amide bonds. The van der Waals surface area contributed by atoms with Gasteiger partial charge in [0.25, 0.3) is 0 Å². The summed E-state index contributed by atoms with van der Waals surface area (Å²) in [6.07, 6.45) is 1.59. The second kappa shape index (κ2) is 6.09. The summed E-state index contributed by atoms with van der Waals surface area (Å²) in [5.41, 5.74) is 8.07. The van der Waals surface area contributed by atoms with E-state index in [9.17, 15) is 4.79 Å². The number of primary amides is 1. The predicted molar refractivity (Wildman–Crippen MR) is 83.5 cm³/mol. The molecule has 0 aliphatic heterocycles. The van der Waals surface area contributed by atoms with Crippen LogP contribution in [0.4, 0.5) is 0 Å². The van der Waals surface area contributed by atoms with E-state index in [1.54, 1.807) is 12.4 Å². The Kier molecular flexibility index (Phi) is 3.82. The van der Waals surface area contributed by atoms with Crippen LogP contribution in [0.3, 0.4) is 0 Å². The standard InChI is InChI=1S/C16H14N4O2/c17-15(21)9-13(11-5-2-1-3-6-11)20-22-14-8-4-7-12-16(14)19-10-18-12/h1-8,10H,9H2,(H2,17,21)(H,18,19)/b20-13+. The number of benzene rings is 2. The number of rotatable bonds is 5. The highest BCUT2D eigenvalue weighted by Crippen LogP contribution is 2.22. The number of fused-ring (bicyclic) bond motifs is 1. The number of imidazole rings is 1. The lowest BCUT2D eigenvalue weighted by atomic mass is 10.1. The van der Waals surface area contributed by atoms with Crippen LogP contribution in [0, 0.1) is 0 Å². The Labute approximate surface area is 126 Å². The number of oxime groups is 1. The molecule has 1 heterocycles. The minimum Gasteiger partial charge on any atom is -0.369 e. The first kappa shape index (κ1) is 13.8. The molecule has 3 rings (SSSR count). The summed E-state index contributed by atoms with van der Waals surface area (Å²) >= 11 is 0. The molecule has 0 atom stereocenters. The Morgan fingerprint density at radius 1 is 1.18 bits per heavy atom. The van der Waals surface area contributed by atoms with Crippen molar-refractivity contribution in [1.82, 2.24) is 9.97 Å². The summed E-state index contributed by atoms with van der Waals surface area (Å²) in [6.45, 7) is 0. The molecule has 0 bridgehead atoms. The van der Waals surface area contributed by atoms with Gasteiger partial charge in [-0.3, -0.25) is 4.79 Å². The number of nitrogens with one attached hydrogen (secondary N) is 1. The Hall–Kier alpha value is -3.15. The number of aromatic nitrogens is 2. The van der Waals surface area contributed by atoms with E-state index in [2.05, 4.69) is 15.1 Å². The number of hydrogen-bond donors (Lipinski definition) is 2. The number of aromatic amines is 1. The fourth-order valence-electron chi connectivity index (χ4n) is 2.10. The van der Waals surface area contributed by atoms with Crippen LogP contribution in [0.15, 0.2) is 60.0 Å². The van der Waals surface area contributed by atoms with E-state index >= 15 is 0 Å². The molecule has 6 heteroatoms. The fraction of sp³-hybridized carbons (Fsp3) is 0.0625. The van der Waals surface area contributed by atoms with Gasteiger partial charge in [-0.15, -0.1) is 0 Å². The molecule has 0 spiro atoms. The second-order valence-electron chi connectivity index (χ2n) is 4.69. The van der Waals surface area contributed by atoms with Crippen LogP contribution in [-0.4, -0.2) is 21.6 Å². The number of H-pyrrole nitrogens is 1. The molecule has 1 aromatic heterocycles. The molecule has 6 nitrogen and oxygen atoms in total. The van der Waals surface area contributed by atoms with E-state index in [1.807, 2.05) is 42.5 Å². The third-order valence-corrected chi connectivity index (χ3v) is 3.12. The Morgan fingerprint density at radius 3 is 2.77 bits per heavy atom. The average Bonchev–Trinajstić information content (AvgIpc) is 3.01. The van der Waals surface area contributed by atoms with E-state index in [0.29, 0.717) is 17.0 Å². The molecular weight excluding hydrogens is 280 g/mol. The van der Waals surface area contributed by atoms with Crippen LogP contribution in [0.1, 0.15) is 12.0 Å². The molecule has 0 aliphatic rings. The molecule has 0 unspecified atom stereocenters. The Morgan fingerprint density at radius 2 is 2.00 bits per heavy atom. The zero-order valence-electron chi connectivity index (χ0n) is 11.7. The lowest BCUT2D eigenvalue weighted by Crippen LogP contribution is -2.17. The smallest absolute Gasteiger partial charge is 0.223 e. The fourth-order valence-corrected chi connectivity index (χ4v) is 2.10. The van der Waals surface area contributed by atoms with Crippen LogP contribution in [0.5, 0.6) is 5.75 Å². The number of nitrogens with two attached hydrogens (primary N) is 1. The van der Waals surface area contributed by atoms with Crippen molar-refractivity contribution in [2.75, 3.05) is 0 Å². The maximum absolute atomic E-state index is 11.2. The number of carbonyl (C=O) groups excluding carboxylic acids is 1. The summed E-state index contributed by atoms with van der Waals surface area (Å²) < 4.78 is 0. The predicted octanol–water partition coefficient (Wildman–Crippen LogP) is 2.22. The summed E-state index contributed by atoms with van der Waals surface area (Å²) in [4.78, 5) is 23.9. The molecule has 3 N–H and O–H groups in total. The number of para-hydroxylation sites is 1. The van der Waals surface area contributed by atoms with Crippen LogP contribution in [0.25, 0.3) is 11.0 Å². The van der Waals surface area contributed by atoms with Gasteiger partial charge in [-0.2, -0.15) is 0 Å². The van der Waals surface area contributed by atoms with Crippen molar-refractivity contribution in [3.05, 3.63) is 60.4 Å². The maximum atomic E-state index is 11.2. The normalized spacial score (nSPS) is 11.5. The molecule has 2 aromatic carbocycles. The zero-order chi connectivity index (χ0) is 15.4. The molecule has 0 aliphatic carbocycles. The summed E-state index contributed by atoms with van der Waals surface area (Å²) in [7, 11) is 0. The SMILES string of the molecule is NC(=O)C/C(=N\Oc1cccc2[nH]cnc12)c1ccccc1. The van der Waals surface area contributed by atoms with Gasteiger partial charge in [-0.1, -0.05) is 41.6 Å². The molecule has 0 saturated heterocycles. The third-order valence-electron chi connectivity index (χ3n) is 3.12. The number of carbonyl (C=O) groups is 1. The largest absolute Gasteiger partial charge is 0.369 e. The zero-order valence-corrected chi connectivity index (χ0v) is 11.7. The monoisotopic (exact) mass is 294 g/mol. The van der Waals surface area contributed by atoms with Crippen LogP contribution in [-0.2, 0) is 4.79 Å². The minimum absolute atomic E-state index is 0.000551. The van der Waals surface area contributed by atoms with E-state index in [-0.39, 0.29) is 6.42 Å². The first-order valence-corrected chi connectivity index (χ1v) is 6.74. The van der Waals surface area contributed by atoms with Gasteiger partial charge in [-0.05, 0) is 17.7 Å². The molecular formula is C16H14N4O2. The molecule has 110 valence electrons. The highest BCUT2D eigenvalue weighted by Gasteiger charge is 2.10. The first-order chi connectivity index (χ1) is 10.7. The number of amides is 1. The lowest BCUT2D eigenvalue weighted by molar-refractivity contribution is -0.116. The number of hydrogen-bond acceptors (Lipinski definition) is 4. The third kappa shape index (κ3) is 2.95. The molecule has 0 radical (unpaired) electrons. The van der Waals surface area contributed by atoms with Crippen molar-refractivity contribution in [2.45, 2.75) is 6.42 Å². The van der Waals surface area contributed by atoms with Gasteiger partial charge in [0, 0.05) is 0 Å². The first-order valence-electron chi connectivity index (χ1n) is 6.74. The molecule has 0 saturated carbocycles. The lowest BCUT2D eigenvalue weighted by Gasteiger charge is -2.05. The van der Waals surface area contributed by atoms with Crippen molar-refractivity contribution in [1.29, 1.82) is 0 Å². The maximum Gasteiger partial charge on any atom is 0.223 e. The molecule has 3 aromatic rings. The average molecular weight is 294 g/mol. The van der Waals surface area contributed by atoms with Crippen molar-refractivity contribution >= 4 is 22.7 Å². The van der Waals surface area contributed by atoms with Crippen LogP contribution in [0.2, 0.25) is 0 Å². The topological polar surface area (TPSA) is 93.4 Å². The van der Waals surface area contributed by atoms with Gasteiger partial charge in [0.15, 0.2) is 5.75 Å². The summed E-state index contributed by atoms with van der Waals surface area (Å²) in [5.74, 6) is 0.0424. The van der Waals surface area contributed by atoms with Gasteiger partial charge >= 0.3 is 0 Å².